The SMILES string of the molecule is COCC(F)(F)COc1nn(C2CCC(N3[C@@H]4CC[C@H]3COC4)CC2)cc1Nc1ncc(-c2ccc(C#N)c(OC(C)Cn3cnnn3)c2)cn1. The summed E-state index contributed by atoms with van der Waals surface area (Å²) in [5.41, 5.74) is 2.18. The summed E-state index contributed by atoms with van der Waals surface area (Å²) in [6, 6.07) is 9.03. The third kappa shape index (κ3) is 8.08. The van der Waals surface area contributed by atoms with Crippen LogP contribution in [0.4, 0.5) is 20.4 Å². The lowest BCUT2D eigenvalue weighted by atomic mass is 9.89. The van der Waals surface area contributed by atoms with E-state index in [0.29, 0.717) is 47.2 Å². The van der Waals surface area contributed by atoms with Crippen molar-refractivity contribution in [3.8, 4) is 28.8 Å². The number of methoxy groups -OCH3 is 1. The van der Waals surface area contributed by atoms with Crippen LogP contribution in [0.15, 0.2) is 43.1 Å². The minimum absolute atomic E-state index is 0.0384. The molecule has 3 atom stereocenters. The van der Waals surface area contributed by atoms with Crippen LogP contribution in [0.25, 0.3) is 11.1 Å². The highest BCUT2D eigenvalue weighted by molar-refractivity contribution is 5.67. The lowest BCUT2D eigenvalue weighted by Crippen LogP contribution is -2.52. The first-order chi connectivity index (χ1) is 24.8. The molecule has 51 heavy (non-hydrogen) atoms. The van der Waals surface area contributed by atoms with E-state index in [1.807, 2.05) is 11.6 Å². The van der Waals surface area contributed by atoms with Crippen molar-refractivity contribution in [3.05, 3.63) is 48.7 Å². The second-order valence-corrected chi connectivity index (χ2v) is 13.4. The van der Waals surface area contributed by atoms with Gasteiger partial charge in [0, 0.05) is 43.2 Å². The van der Waals surface area contributed by atoms with Crippen molar-refractivity contribution in [3.63, 3.8) is 0 Å². The maximum Gasteiger partial charge on any atom is 0.304 e. The number of halogens is 2. The molecule has 5 heterocycles. The zero-order valence-corrected chi connectivity index (χ0v) is 28.6. The van der Waals surface area contributed by atoms with Crippen LogP contribution >= 0.6 is 0 Å². The minimum Gasteiger partial charge on any atom is -0.487 e. The average molecular weight is 706 g/mol. The molecule has 1 unspecified atom stereocenters. The number of benzene rings is 1. The highest BCUT2D eigenvalue weighted by Crippen LogP contribution is 2.40. The van der Waals surface area contributed by atoms with Gasteiger partial charge in [-0.1, -0.05) is 6.07 Å². The van der Waals surface area contributed by atoms with E-state index in [4.69, 9.17) is 14.2 Å². The fourth-order valence-corrected chi connectivity index (χ4v) is 7.39. The maximum atomic E-state index is 14.4. The Morgan fingerprint density at radius 1 is 1.02 bits per heavy atom. The van der Waals surface area contributed by atoms with Gasteiger partial charge in [0.05, 0.1) is 37.6 Å². The number of nitrogens with zero attached hydrogens (tertiary/aromatic N) is 10. The molecule has 17 heteroatoms. The van der Waals surface area contributed by atoms with Crippen molar-refractivity contribution in [2.24, 2.45) is 0 Å². The number of hydrogen-bond acceptors (Lipinski definition) is 13. The number of nitrogens with one attached hydrogen (secondary N) is 1. The number of fused-ring (bicyclic) bond motifs is 2. The van der Waals surface area contributed by atoms with Crippen LogP contribution in [0, 0.1) is 11.3 Å². The number of rotatable bonds is 14. The predicted molar refractivity (Wildman–Crippen MR) is 179 cm³/mol. The summed E-state index contributed by atoms with van der Waals surface area (Å²) in [6.07, 6.45) is 12.5. The van der Waals surface area contributed by atoms with E-state index in [9.17, 15) is 14.0 Å². The van der Waals surface area contributed by atoms with Gasteiger partial charge in [0.25, 0.3) is 5.88 Å². The summed E-state index contributed by atoms with van der Waals surface area (Å²) in [4.78, 5) is 11.7. The summed E-state index contributed by atoms with van der Waals surface area (Å²) < 4.78 is 54.2. The van der Waals surface area contributed by atoms with Crippen molar-refractivity contribution in [1.29, 1.82) is 5.26 Å². The molecular weight excluding hydrogens is 664 g/mol. The second kappa shape index (κ2) is 15.2. The maximum absolute atomic E-state index is 14.4. The van der Waals surface area contributed by atoms with E-state index in [-0.39, 0.29) is 24.0 Å². The molecule has 270 valence electrons. The summed E-state index contributed by atoms with van der Waals surface area (Å²) >= 11 is 0. The summed E-state index contributed by atoms with van der Waals surface area (Å²) in [7, 11) is 1.22. The zero-order valence-electron chi connectivity index (χ0n) is 28.6. The van der Waals surface area contributed by atoms with E-state index >= 15 is 0 Å². The Balaban J connectivity index is 1.05. The molecule has 2 aliphatic heterocycles. The summed E-state index contributed by atoms with van der Waals surface area (Å²) in [5.74, 6) is -2.52. The van der Waals surface area contributed by atoms with Crippen molar-refractivity contribution >= 4 is 11.6 Å². The van der Waals surface area contributed by atoms with E-state index in [1.54, 1.807) is 41.5 Å². The monoisotopic (exact) mass is 705 g/mol. The highest BCUT2D eigenvalue weighted by atomic mass is 19.3. The van der Waals surface area contributed by atoms with Gasteiger partial charge in [-0.25, -0.2) is 23.4 Å². The number of tetrazole rings is 1. The molecule has 2 bridgehead atoms. The number of morpholine rings is 1. The van der Waals surface area contributed by atoms with Crippen LogP contribution in [0.5, 0.6) is 11.6 Å². The molecule has 3 aromatic heterocycles. The van der Waals surface area contributed by atoms with Crippen LogP contribution in [0.3, 0.4) is 0 Å². The molecular formula is C34H41F2N11O4. The Kier molecular flexibility index (Phi) is 10.3. The van der Waals surface area contributed by atoms with Crippen molar-refractivity contribution in [2.45, 2.75) is 88.2 Å². The van der Waals surface area contributed by atoms with Gasteiger partial charge in [0.2, 0.25) is 5.95 Å². The molecule has 7 rings (SSSR count). The number of alkyl halides is 2. The summed E-state index contributed by atoms with van der Waals surface area (Å²) in [5, 5.41) is 28.5. The molecule has 3 fully saturated rings. The zero-order chi connectivity index (χ0) is 35.4. The fraction of sp³-hybridized carbons (Fsp3) is 0.559. The first kappa shape index (κ1) is 34.6. The molecule has 1 aromatic carbocycles. The van der Waals surface area contributed by atoms with Gasteiger partial charge < -0.3 is 24.3 Å². The number of nitriles is 1. The van der Waals surface area contributed by atoms with Gasteiger partial charge in [0.15, 0.2) is 6.61 Å². The van der Waals surface area contributed by atoms with Gasteiger partial charge in [-0.05, 0) is 73.6 Å². The molecule has 1 aliphatic carbocycles. The van der Waals surface area contributed by atoms with Gasteiger partial charge in [-0.3, -0.25) is 9.58 Å². The quantitative estimate of drug-likeness (QED) is 0.196. The van der Waals surface area contributed by atoms with Crippen LogP contribution in [0.2, 0.25) is 0 Å². The molecule has 0 spiro atoms. The first-order valence-corrected chi connectivity index (χ1v) is 17.2. The Bertz CT molecular complexity index is 1780. The predicted octanol–water partition coefficient (Wildman–Crippen LogP) is 4.42. The van der Waals surface area contributed by atoms with Crippen molar-refractivity contribution in [2.75, 3.05) is 38.9 Å². The van der Waals surface area contributed by atoms with Crippen LogP contribution < -0.4 is 14.8 Å². The Hall–Kier alpha value is -4.79. The second-order valence-electron chi connectivity index (χ2n) is 13.4. The Labute approximate surface area is 293 Å². The Morgan fingerprint density at radius 2 is 1.75 bits per heavy atom. The van der Waals surface area contributed by atoms with Crippen LogP contribution in [-0.2, 0) is 16.0 Å². The van der Waals surface area contributed by atoms with Gasteiger partial charge >= 0.3 is 5.92 Å². The van der Waals surface area contributed by atoms with E-state index in [1.165, 1.54) is 26.3 Å². The standard InChI is InChI=1S/C34H41F2N11O4/c1-22(15-45-21-40-43-44-45)51-31-11-23(3-4-24(31)12-37)25-13-38-33(39-14-25)41-30-16-46(42-32(30)50-20-34(35,36)19-48-2)26-5-7-27(8-6-26)47-28-9-10-29(47)18-49-17-28/h3-4,11,13-14,16,21-22,26-29H,5-10,15,17-20H2,1-2H3,(H,38,39,41)/t22?,26?,27?,28-,29+. The molecule has 3 aliphatic rings. The van der Waals surface area contributed by atoms with Crippen LogP contribution in [-0.4, -0.2) is 109 Å². The molecule has 1 saturated carbocycles. The lowest BCUT2D eigenvalue weighted by Gasteiger charge is -2.43. The highest BCUT2D eigenvalue weighted by Gasteiger charge is 2.42. The van der Waals surface area contributed by atoms with Gasteiger partial charge in [-0.15, -0.1) is 10.2 Å². The third-order valence-electron chi connectivity index (χ3n) is 9.73. The molecule has 4 aromatic rings. The smallest absolute Gasteiger partial charge is 0.304 e. The fourth-order valence-electron chi connectivity index (χ4n) is 7.39. The lowest BCUT2D eigenvalue weighted by molar-refractivity contribution is -0.0917. The summed E-state index contributed by atoms with van der Waals surface area (Å²) in [6.45, 7) is 2.22. The molecule has 1 N–H and O–H groups in total. The molecule has 2 saturated heterocycles. The molecule has 0 radical (unpaired) electrons. The van der Waals surface area contributed by atoms with E-state index in [0.717, 1.165) is 44.5 Å². The number of anilines is 2. The number of aromatic nitrogens is 8. The minimum atomic E-state index is -3.20. The van der Waals surface area contributed by atoms with Crippen molar-refractivity contribution in [1.82, 2.24) is 44.9 Å². The third-order valence-corrected chi connectivity index (χ3v) is 9.73. The van der Waals surface area contributed by atoms with Crippen LogP contribution in [0.1, 0.15) is 57.1 Å². The van der Waals surface area contributed by atoms with E-state index in [2.05, 4.69) is 51.6 Å². The Morgan fingerprint density at radius 3 is 2.43 bits per heavy atom. The molecule has 15 nitrogen and oxygen atoms in total. The van der Waals surface area contributed by atoms with E-state index < -0.39 is 19.1 Å². The topological polar surface area (TPSA) is 163 Å². The van der Waals surface area contributed by atoms with Gasteiger partial charge in [-0.2, -0.15) is 5.26 Å². The number of ether oxygens (including phenoxy) is 4. The molecule has 0 amide bonds. The number of hydrogen-bond donors (Lipinski definition) is 1. The average Bonchev–Trinajstić information content (AvgIpc) is 3.85. The normalized spacial score (nSPS) is 22.7. The first-order valence-electron chi connectivity index (χ1n) is 17.2. The van der Waals surface area contributed by atoms with Gasteiger partial charge in [0.1, 0.15) is 36.5 Å². The largest absolute Gasteiger partial charge is 0.487 e. The van der Waals surface area contributed by atoms with Crippen molar-refractivity contribution < 1.29 is 27.7 Å².